The molecule has 0 aliphatic heterocycles. The Hall–Kier alpha value is -2.55. The summed E-state index contributed by atoms with van der Waals surface area (Å²) in [5.41, 5.74) is 7.65. The number of thioether (sulfide) groups is 1. The Kier molecular flexibility index (Phi) is 4.70. The molecule has 0 fully saturated rings. The maximum Gasteiger partial charge on any atom is 0.252 e. The van der Waals surface area contributed by atoms with E-state index in [-0.39, 0.29) is 5.91 Å². The Balaban J connectivity index is 1.60. The minimum atomic E-state index is -0.172. The molecule has 0 aliphatic carbocycles. The van der Waals surface area contributed by atoms with E-state index in [0.717, 1.165) is 10.9 Å². The number of carbonyl (C=O) groups excluding carboxylic acids is 1. The van der Waals surface area contributed by atoms with Crippen LogP contribution in [0.1, 0.15) is 17.3 Å². The third-order valence-electron chi connectivity index (χ3n) is 3.59. The van der Waals surface area contributed by atoms with E-state index in [4.69, 9.17) is 5.73 Å². The van der Waals surface area contributed by atoms with Gasteiger partial charge in [-0.3, -0.25) is 9.36 Å². The van der Waals surface area contributed by atoms with Crippen molar-refractivity contribution in [2.24, 2.45) is 7.05 Å². The lowest BCUT2D eigenvalue weighted by molar-refractivity contribution is 0.0956. The number of pyridine rings is 1. The number of nitrogen functional groups attached to an aromatic ring is 1. The normalized spacial score (nSPS) is 11.1. The first-order chi connectivity index (χ1) is 11.6. The molecule has 3 aromatic rings. The lowest BCUT2D eigenvalue weighted by atomic mass is 10.2. The van der Waals surface area contributed by atoms with Gasteiger partial charge >= 0.3 is 0 Å². The molecule has 0 bridgehead atoms. The fourth-order valence-electron chi connectivity index (χ4n) is 2.36. The summed E-state index contributed by atoms with van der Waals surface area (Å²) in [4.78, 5) is 25.0. The topological polar surface area (TPSA) is 104 Å². The Bertz CT molecular complexity index is 870. The van der Waals surface area contributed by atoms with Crippen LogP contribution in [0.15, 0.2) is 29.8 Å². The first-order valence-electron chi connectivity index (χ1n) is 7.60. The molecule has 0 unspecified atom stereocenters. The predicted molar refractivity (Wildman–Crippen MR) is 93.9 cm³/mol. The first kappa shape index (κ1) is 16.3. The summed E-state index contributed by atoms with van der Waals surface area (Å²) in [6.45, 7) is 3.20. The lowest BCUT2D eigenvalue weighted by Gasteiger charge is -2.05. The number of carbonyl (C=O) groups is 1. The van der Waals surface area contributed by atoms with Crippen molar-refractivity contribution in [2.45, 2.75) is 18.6 Å². The summed E-state index contributed by atoms with van der Waals surface area (Å²) < 4.78 is 3.75. The number of amides is 1. The van der Waals surface area contributed by atoms with Crippen molar-refractivity contribution in [1.82, 2.24) is 29.4 Å². The van der Waals surface area contributed by atoms with Crippen molar-refractivity contribution < 1.29 is 4.79 Å². The molecule has 0 spiro atoms. The van der Waals surface area contributed by atoms with Gasteiger partial charge in [0.25, 0.3) is 5.91 Å². The number of aromatic nitrogens is 5. The van der Waals surface area contributed by atoms with Crippen molar-refractivity contribution in [3.05, 3.63) is 30.2 Å². The summed E-state index contributed by atoms with van der Waals surface area (Å²) in [6, 6.07) is 1.71. The quantitative estimate of drug-likeness (QED) is 0.515. The highest BCUT2D eigenvalue weighted by atomic mass is 32.2. The smallest absolute Gasteiger partial charge is 0.252 e. The monoisotopic (exact) mass is 345 g/mol. The Morgan fingerprint density at radius 1 is 1.42 bits per heavy atom. The Morgan fingerprint density at radius 2 is 2.25 bits per heavy atom. The number of hydrogen-bond acceptors (Lipinski definition) is 6. The maximum absolute atomic E-state index is 12.2. The molecular formula is C15H19N7OS. The Labute approximate surface area is 143 Å². The van der Waals surface area contributed by atoms with Gasteiger partial charge in [0.15, 0.2) is 10.8 Å². The fraction of sp³-hybridized carbons (Fsp3) is 0.333. The number of nitrogens with one attached hydrogen (secondary N) is 1. The molecule has 0 saturated heterocycles. The van der Waals surface area contributed by atoms with Crippen LogP contribution in [0.4, 0.5) is 5.95 Å². The summed E-state index contributed by atoms with van der Waals surface area (Å²) in [5, 5.41) is 3.80. The highest BCUT2D eigenvalue weighted by Gasteiger charge is 2.12. The Morgan fingerprint density at radius 3 is 2.96 bits per heavy atom. The second-order valence-electron chi connectivity index (χ2n) is 5.21. The number of fused-ring (bicyclic) bond motifs is 1. The van der Waals surface area contributed by atoms with E-state index in [1.54, 1.807) is 34.8 Å². The second-order valence-corrected chi connectivity index (χ2v) is 6.27. The third kappa shape index (κ3) is 3.21. The van der Waals surface area contributed by atoms with Crippen molar-refractivity contribution in [2.75, 3.05) is 18.0 Å². The molecule has 3 rings (SSSR count). The van der Waals surface area contributed by atoms with Gasteiger partial charge in [-0.2, -0.15) is 0 Å². The summed E-state index contributed by atoms with van der Waals surface area (Å²) >= 11 is 1.59. The van der Waals surface area contributed by atoms with Crippen molar-refractivity contribution in [3.63, 3.8) is 0 Å². The minimum absolute atomic E-state index is 0.172. The number of aryl methyl sites for hydroxylation is 2. The molecule has 0 aromatic carbocycles. The molecule has 24 heavy (non-hydrogen) atoms. The third-order valence-corrected chi connectivity index (χ3v) is 4.65. The van der Waals surface area contributed by atoms with Gasteiger partial charge < -0.3 is 15.6 Å². The SMILES string of the molecule is CCn1c(N)nc2cc(C(=O)NCCSc3nccn3C)cnc21. The van der Waals surface area contributed by atoms with Gasteiger partial charge in [-0.05, 0) is 13.0 Å². The number of hydrogen-bond donors (Lipinski definition) is 2. The first-order valence-corrected chi connectivity index (χ1v) is 8.58. The lowest BCUT2D eigenvalue weighted by Crippen LogP contribution is -2.25. The van der Waals surface area contributed by atoms with Gasteiger partial charge in [0.05, 0.1) is 5.56 Å². The van der Waals surface area contributed by atoms with E-state index >= 15 is 0 Å². The van der Waals surface area contributed by atoms with Gasteiger partial charge in [-0.15, -0.1) is 0 Å². The highest BCUT2D eigenvalue weighted by molar-refractivity contribution is 7.99. The fourth-order valence-corrected chi connectivity index (χ4v) is 3.15. The van der Waals surface area contributed by atoms with Gasteiger partial charge in [0.1, 0.15) is 5.52 Å². The van der Waals surface area contributed by atoms with Crippen molar-refractivity contribution >= 4 is 34.8 Å². The standard InChI is InChI=1S/C15H19N7OS/c1-3-22-12-11(20-14(22)16)8-10(9-19-12)13(23)17-5-7-24-15-18-4-6-21(15)2/h4,6,8-9H,3,5,7H2,1-2H3,(H2,16,20)(H,17,23). The molecule has 9 heteroatoms. The van der Waals surface area contributed by atoms with Gasteiger partial charge in [-0.25, -0.2) is 15.0 Å². The van der Waals surface area contributed by atoms with Crippen LogP contribution in [0.3, 0.4) is 0 Å². The van der Waals surface area contributed by atoms with Gasteiger partial charge in [0, 0.05) is 44.5 Å². The minimum Gasteiger partial charge on any atom is -0.369 e. The van der Waals surface area contributed by atoms with Crippen LogP contribution < -0.4 is 11.1 Å². The average molecular weight is 345 g/mol. The summed E-state index contributed by atoms with van der Waals surface area (Å²) in [5.74, 6) is 0.974. The molecule has 1 amide bonds. The average Bonchev–Trinajstić information content (AvgIpc) is 3.12. The van der Waals surface area contributed by atoms with Crippen molar-refractivity contribution in [3.8, 4) is 0 Å². The summed E-state index contributed by atoms with van der Waals surface area (Å²) in [6.07, 6.45) is 5.20. The molecule has 0 atom stereocenters. The van der Waals surface area contributed by atoms with Crippen LogP contribution in [0, 0.1) is 0 Å². The highest BCUT2D eigenvalue weighted by Crippen LogP contribution is 2.17. The van der Waals surface area contributed by atoms with Crippen LogP contribution in [0.25, 0.3) is 11.2 Å². The van der Waals surface area contributed by atoms with Gasteiger partial charge in [-0.1, -0.05) is 11.8 Å². The molecule has 0 aliphatic rings. The van der Waals surface area contributed by atoms with Crippen LogP contribution in [0.2, 0.25) is 0 Å². The molecule has 0 radical (unpaired) electrons. The molecule has 0 saturated carbocycles. The number of imidazole rings is 2. The molecule has 8 nitrogen and oxygen atoms in total. The van der Waals surface area contributed by atoms with E-state index in [1.807, 2.05) is 24.7 Å². The number of nitrogens with two attached hydrogens (primary N) is 1. The van der Waals surface area contributed by atoms with E-state index in [9.17, 15) is 4.79 Å². The van der Waals surface area contributed by atoms with Crippen molar-refractivity contribution in [1.29, 1.82) is 0 Å². The summed E-state index contributed by atoms with van der Waals surface area (Å²) in [7, 11) is 1.94. The number of anilines is 1. The van der Waals surface area contributed by atoms with E-state index < -0.39 is 0 Å². The molecule has 3 aromatic heterocycles. The second kappa shape index (κ2) is 6.91. The maximum atomic E-state index is 12.2. The van der Waals surface area contributed by atoms with Crippen LogP contribution in [0.5, 0.6) is 0 Å². The van der Waals surface area contributed by atoms with E-state index in [1.165, 1.54) is 0 Å². The van der Waals surface area contributed by atoms with Gasteiger partial charge in [0.2, 0.25) is 5.95 Å². The zero-order chi connectivity index (χ0) is 17.1. The number of rotatable bonds is 6. The molecule has 3 heterocycles. The van der Waals surface area contributed by atoms with E-state index in [0.29, 0.717) is 35.8 Å². The number of nitrogens with zero attached hydrogens (tertiary/aromatic N) is 5. The molecule has 3 N–H and O–H groups in total. The zero-order valence-corrected chi connectivity index (χ0v) is 14.4. The largest absolute Gasteiger partial charge is 0.369 e. The molecule has 126 valence electrons. The molecular weight excluding hydrogens is 326 g/mol. The zero-order valence-electron chi connectivity index (χ0n) is 13.6. The van der Waals surface area contributed by atoms with E-state index in [2.05, 4.69) is 20.3 Å². The van der Waals surface area contributed by atoms with Crippen LogP contribution in [-0.2, 0) is 13.6 Å². The predicted octanol–water partition coefficient (Wildman–Crippen LogP) is 1.29. The van der Waals surface area contributed by atoms with Crippen LogP contribution >= 0.6 is 11.8 Å². The van der Waals surface area contributed by atoms with Crippen LogP contribution in [-0.4, -0.2) is 42.3 Å².